The Bertz CT molecular complexity index is 414. The molecule has 4 nitrogen and oxygen atoms in total. The number of esters is 1. The van der Waals surface area contributed by atoms with Crippen molar-refractivity contribution in [2.24, 2.45) is 11.1 Å². The fraction of sp³-hybridized carbons (Fsp3) is 0.333. The van der Waals surface area contributed by atoms with Crippen LogP contribution in [0.5, 0.6) is 0 Å². The summed E-state index contributed by atoms with van der Waals surface area (Å²) >= 11 is 0. The second-order valence-electron chi connectivity index (χ2n) is 3.65. The SMILES string of the molecule is COC(=O)[C@H]1C(c2ccccc2)=NO[C@H]1C. The summed E-state index contributed by atoms with van der Waals surface area (Å²) in [7, 11) is 1.37. The highest BCUT2D eigenvalue weighted by Crippen LogP contribution is 2.23. The van der Waals surface area contributed by atoms with Crippen LogP contribution >= 0.6 is 0 Å². The molecule has 84 valence electrons. The molecule has 1 aromatic carbocycles. The molecule has 0 fully saturated rings. The van der Waals surface area contributed by atoms with Crippen LogP contribution in [0.15, 0.2) is 35.5 Å². The average molecular weight is 219 g/mol. The number of carbonyl (C=O) groups is 1. The van der Waals surface area contributed by atoms with E-state index in [2.05, 4.69) is 5.16 Å². The summed E-state index contributed by atoms with van der Waals surface area (Å²) in [5, 5.41) is 3.95. The summed E-state index contributed by atoms with van der Waals surface area (Å²) in [6, 6.07) is 9.51. The minimum atomic E-state index is -0.438. The van der Waals surface area contributed by atoms with E-state index in [9.17, 15) is 4.79 Å². The maximum absolute atomic E-state index is 11.6. The lowest BCUT2D eigenvalue weighted by Gasteiger charge is -2.12. The normalized spacial score (nSPS) is 23.5. The topological polar surface area (TPSA) is 47.9 Å². The standard InChI is InChI=1S/C12H13NO3/c1-8-10(12(14)15-2)11(13-16-8)9-6-4-3-5-7-9/h3-8,10H,1-2H3/t8-,10+/m0/s1. The Morgan fingerprint density at radius 3 is 2.69 bits per heavy atom. The quantitative estimate of drug-likeness (QED) is 0.710. The maximum Gasteiger partial charge on any atom is 0.318 e. The molecule has 0 bridgehead atoms. The molecule has 0 amide bonds. The smallest absolute Gasteiger partial charge is 0.318 e. The van der Waals surface area contributed by atoms with Crippen LogP contribution in [0.2, 0.25) is 0 Å². The van der Waals surface area contributed by atoms with Gasteiger partial charge in [-0.3, -0.25) is 4.79 Å². The molecule has 1 aliphatic rings. The zero-order chi connectivity index (χ0) is 11.5. The van der Waals surface area contributed by atoms with Crippen molar-refractivity contribution in [2.45, 2.75) is 13.0 Å². The number of hydrogen-bond acceptors (Lipinski definition) is 4. The first-order chi connectivity index (χ1) is 7.74. The summed E-state index contributed by atoms with van der Waals surface area (Å²) in [5.74, 6) is -0.750. The number of nitrogens with zero attached hydrogens (tertiary/aromatic N) is 1. The zero-order valence-electron chi connectivity index (χ0n) is 9.21. The molecule has 0 aromatic heterocycles. The molecule has 0 aliphatic carbocycles. The summed E-state index contributed by atoms with van der Waals surface area (Å²) < 4.78 is 4.76. The van der Waals surface area contributed by atoms with Crippen molar-refractivity contribution in [3.05, 3.63) is 35.9 Å². The molecule has 1 aromatic rings. The number of ether oxygens (including phenoxy) is 1. The molecule has 0 saturated carbocycles. The van der Waals surface area contributed by atoms with Crippen LogP contribution in [0.25, 0.3) is 0 Å². The van der Waals surface area contributed by atoms with Gasteiger partial charge in [0, 0.05) is 5.56 Å². The highest BCUT2D eigenvalue weighted by atomic mass is 16.6. The van der Waals surface area contributed by atoms with Gasteiger partial charge in [-0.15, -0.1) is 0 Å². The van der Waals surface area contributed by atoms with Crippen molar-refractivity contribution >= 4 is 11.7 Å². The van der Waals surface area contributed by atoms with E-state index in [1.165, 1.54) is 7.11 Å². The van der Waals surface area contributed by atoms with Gasteiger partial charge in [-0.05, 0) is 6.92 Å². The Kier molecular flexibility index (Phi) is 2.90. The summed E-state index contributed by atoms with van der Waals surface area (Å²) in [4.78, 5) is 16.8. The molecular weight excluding hydrogens is 206 g/mol. The molecule has 4 heteroatoms. The van der Waals surface area contributed by atoms with E-state index in [4.69, 9.17) is 9.57 Å². The first-order valence-electron chi connectivity index (χ1n) is 5.11. The average Bonchev–Trinajstić information content (AvgIpc) is 2.71. The summed E-state index contributed by atoms with van der Waals surface area (Å²) in [5.41, 5.74) is 1.53. The van der Waals surface area contributed by atoms with Gasteiger partial charge in [0.25, 0.3) is 0 Å². The summed E-state index contributed by atoms with van der Waals surface area (Å²) in [6.07, 6.45) is -0.275. The van der Waals surface area contributed by atoms with Crippen LogP contribution in [-0.4, -0.2) is 24.9 Å². The second-order valence-corrected chi connectivity index (χ2v) is 3.65. The van der Waals surface area contributed by atoms with Gasteiger partial charge >= 0.3 is 5.97 Å². The third kappa shape index (κ3) is 1.78. The Hall–Kier alpha value is -1.84. The van der Waals surface area contributed by atoms with E-state index in [-0.39, 0.29) is 12.1 Å². The lowest BCUT2D eigenvalue weighted by molar-refractivity contribution is -0.145. The largest absolute Gasteiger partial charge is 0.468 e. The molecule has 0 N–H and O–H groups in total. The fourth-order valence-electron chi connectivity index (χ4n) is 1.75. The number of carbonyl (C=O) groups excluding carboxylic acids is 1. The number of oxime groups is 1. The van der Waals surface area contributed by atoms with Gasteiger partial charge in [-0.1, -0.05) is 35.5 Å². The highest BCUT2D eigenvalue weighted by molar-refractivity contribution is 6.12. The Labute approximate surface area is 93.9 Å². The third-order valence-electron chi connectivity index (χ3n) is 2.61. The van der Waals surface area contributed by atoms with E-state index in [1.54, 1.807) is 6.92 Å². The lowest BCUT2D eigenvalue weighted by Crippen LogP contribution is -2.30. The van der Waals surface area contributed by atoms with Crippen molar-refractivity contribution < 1.29 is 14.4 Å². The van der Waals surface area contributed by atoms with Crippen molar-refractivity contribution in [2.75, 3.05) is 7.11 Å². The van der Waals surface area contributed by atoms with E-state index in [0.29, 0.717) is 5.71 Å². The summed E-state index contributed by atoms with van der Waals surface area (Å²) in [6.45, 7) is 1.81. The highest BCUT2D eigenvalue weighted by Gasteiger charge is 2.38. The minimum Gasteiger partial charge on any atom is -0.468 e. The minimum absolute atomic E-state index is 0.275. The molecule has 0 radical (unpaired) electrons. The lowest BCUT2D eigenvalue weighted by atomic mass is 9.93. The molecule has 1 heterocycles. The van der Waals surface area contributed by atoms with Crippen molar-refractivity contribution in [1.29, 1.82) is 0 Å². The Balaban J connectivity index is 2.31. The van der Waals surface area contributed by atoms with Crippen molar-refractivity contribution in [3.8, 4) is 0 Å². The molecule has 2 rings (SSSR count). The van der Waals surface area contributed by atoms with Gasteiger partial charge < -0.3 is 9.57 Å². The second kappa shape index (κ2) is 4.35. The van der Waals surface area contributed by atoms with Crippen LogP contribution in [-0.2, 0) is 14.4 Å². The van der Waals surface area contributed by atoms with Gasteiger partial charge in [0.15, 0.2) is 0 Å². The van der Waals surface area contributed by atoms with Crippen molar-refractivity contribution in [1.82, 2.24) is 0 Å². The van der Waals surface area contributed by atoms with Gasteiger partial charge in [0.2, 0.25) is 0 Å². The Morgan fingerprint density at radius 1 is 1.38 bits per heavy atom. The molecule has 1 aliphatic heterocycles. The number of hydrogen-bond donors (Lipinski definition) is 0. The van der Waals surface area contributed by atoms with Gasteiger partial charge in [0.1, 0.15) is 17.7 Å². The zero-order valence-corrected chi connectivity index (χ0v) is 9.21. The van der Waals surface area contributed by atoms with Crippen LogP contribution in [0.3, 0.4) is 0 Å². The molecule has 0 spiro atoms. The number of methoxy groups -OCH3 is 1. The van der Waals surface area contributed by atoms with Gasteiger partial charge in [-0.25, -0.2) is 0 Å². The van der Waals surface area contributed by atoms with Gasteiger partial charge in [0.05, 0.1) is 7.11 Å². The Morgan fingerprint density at radius 2 is 2.06 bits per heavy atom. The van der Waals surface area contributed by atoms with E-state index in [1.807, 2.05) is 30.3 Å². The third-order valence-corrected chi connectivity index (χ3v) is 2.61. The number of rotatable bonds is 2. The number of benzene rings is 1. The van der Waals surface area contributed by atoms with Crippen LogP contribution in [0.1, 0.15) is 12.5 Å². The van der Waals surface area contributed by atoms with Gasteiger partial charge in [-0.2, -0.15) is 0 Å². The molecule has 0 saturated heterocycles. The first-order valence-corrected chi connectivity index (χ1v) is 5.11. The van der Waals surface area contributed by atoms with E-state index >= 15 is 0 Å². The molecule has 0 unspecified atom stereocenters. The molecule has 2 atom stereocenters. The maximum atomic E-state index is 11.6. The van der Waals surface area contributed by atoms with Crippen LogP contribution in [0.4, 0.5) is 0 Å². The predicted molar refractivity (Wildman–Crippen MR) is 59.0 cm³/mol. The van der Waals surface area contributed by atoms with Crippen molar-refractivity contribution in [3.63, 3.8) is 0 Å². The van der Waals surface area contributed by atoms with Crippen LogP contribution in [0, 0.1) is 5.92 Å². The van der Waals surface area contributed by atoms with E-state index in [0.717, 1.165) is 5.56 Å². The first kappa shape index (κ1) is 10.7. The molecular formula is C12H13NO3. The van der Waals surface area contributed by atoms with E-state index < -0.39 is 5.92 Å². The monoisotopic (exact) mass is 219 g/mol. The predicted octanol–water partition coefficient (Wildman–Crippen LogP) is 1.60. The molecule has 16 heavy (non-hydrogen) atoms. The fourth-order valence-corrected chi connectivity index (χ4v) is 1.75. The van der Waals surface area contributed by atoms with Crippen LogP contribution < -0.4 is 0 Å².